The third-order valence-corrected chi connectivity index (χ3v) is 3.46. The van der Waals surface area contributed by atoms with E-state index in [1.807, 2.05) is 13.0 Å². The number of hydrogen-bond acceptors (Lipinski definition) is 2. The van der Waals surface area contributed by atoms with Gasteiger partial charge < -0.3 is 11.1 Å². The maximum absolute atomic E-state index is 12.7. The van der Waals surface area contributed by atoms with Crippen LogP contribution in [0.2, 0.25) is 0 Å². The Morgan fingerprint density at radius 2 is 1.75 bits per heavy atom. The lowest BCUT2D eigenvalue weighted by Crippen LogP contribution is -2.06. The Morgan fingerprint density at radius 3 is 2.40 bits per heavy atom. The minimum Gasteiger partial charge on any atom is -0.397 e. The largest absolute Gasteiger partial charge is 0.416 e. The van der Waals surface area contributed by atoms with Crippen molar-refractivity contribution in [3.8, 4) is 0 Å². The van der Waals surface area contributed by atoms with Crippen LogP contribution in [-0.4, -0.2) is 0 Å². The lowest BCUT2D eigenvalue weighted by molar-refractivity contribution is -0.137. The van der Waals surface area contributed by atoms with Gasteiger partial charge in [0.25, 0.3) is 0 Å². The summed E-state index contributed by atoms with van der Waals surface area (Å²) in [6.45, 7) is 1.88. The van der Waals surface area contributed by atoms with Gasteiger partial charge in [0, 0.05) is 4.47 Å². The van der Waals surface area contributed by atoms with Crippen LogP contribution in [0.15, 0.2) is 40.9 Å². The first-order valence-corrected chi connectivity index (χ1v) is 6.56. The number of benzene rings is 2. The number of halogens is 4. The van der Waals surface area contributed by atoms with E-state index in [-0.39, 0.29) is 0 Å². The SMILES string of the molecule is Cc1ccc(N)c(Nc2cc(C(F)(F)F)ccc2Br)c1. The molecule has 0 saturated heterocycles. The van der Waals surface area contributed by atoms with E-state index in [0.717, 1.165) is 17.7 Å². The van der Waals surface area contributed by atoms with Crippen molar-refractivity contribution in [2.45, 2.75) is 13.1 Å². The highest BCUT2D eigenvalue weighted by Crippen LogP contribution is 2.36. The van der Waals surface area contributed by atoms with Crippen LogP contribution in [0.1, 0.15) is 11.1 Å². The maximum atomic E-state index is 12.7. The van der Waals surface area contributed by atoms with Gasteiger partial charge in [0.1, 0.15) is 0 Å². The lowest BCUT2D eigenvalue weighted by Gasteiger charge is -2.14. The summed E-state index contributed by atoms with van der Waals surface area (Å²) >= 11 is 3.23. The first-order chi connectivity index (χ1) is 9.27. The highest BCUT2D eigenvalue weighted by atomic mass is 79.9. The number of nitrogens with one attached hydrogen (secondary N) is 1. The summed E-state index contributed by atoms with van der Waals surface area (Å²) in [5.74, 6) is 0. The van der Waals surface area contributed by atoms with Crippen LogP contribution in [0.5, 0.6) is 0 Å². The van der Waals surface area contributed by atoms with E-state index >= 15 is 0 Å². The van der Waals surface area contributed by atoms with Gasteiger partial charge in [-0.15, -0.1) is 0 Å². The van der Waals surface area contributed by atoms with Gasteiger partial charge in [0.05, 0.1) is 22.6 Å². The molecule has 106 valence electrons. The van der Waals surface area contributed by atoms with Crippen molar-refractivity contribution in [2.75, 3.05) is 11.1 Å². The molecule has 3 N–H and O–H groups in total. The molecule has 6 heteroatoms. The second-order valence-corrected chi connectivity index (χ2v) is 5.26. The molecule has 0 heterocycles. The van der Waals surface area contributed by atoms with Crippen LogP contribution in [-0.2, 0) is 6.18 Å². The Kier molecular flexibility index (Phi) is 3.94. The number of rotatable bonds is 2. The molecule has 0 bridgehead atoms. The van der Waals surface area contributed by atoms with Crippen molar-refractivity contribution in [2.24, 2.45) is 0 Å². The predicted octanol–water partition coefficient (Wildman–Crippen LogP) is 5.10. The summed E-state index contributed by atoms with van der Waals surface area (Å²) in [7, 11) is 0. The van der Waals surface area contributed by atoms with Crippen molar-refractivity contribution in [3.05, 3.63) is 52.0 Å². The summed E-state index contributed by atoms with van der Waals surface area (Å²) in [6.07, 6.45) is -4.38. The van der Waals surface area contributed by atoms with Crippen molar-refractivity contribution in [1.82, 2.24) is 0 Å². The number of nitrogen functional groups attached to an aromatic ring is 1. The summed E-state index contributed by atoms with van der Waals surface area (Å²) in [4.78, 5) is 0. The zero-order valence-electron chi connectivity index (χ0n) is 10.6. The fourth-order valence-electron chi connectivity index (χ4n) is 1.72. The number of hydrogen-bond donors (Lipinski definition) is 2. The Morgan fingerprint density at radius 1 is 1.05 bits per heavy atom. The van der Waals surface area contributed by atoms with Gasteiger partial charge in [-0.3, -0.25) is 0 Å². The lowest BCUT2D eigenvalue weighted by atomic mass is 10.1. The molecule has 0 spiro atoms. The smallest absolute Gasteiger partial charge is 0.397 e. The summed E-state index contributed by atoms with van der Waals surface area (Å²) in [6, 6.07) is 8.75. The number of nitrogens with two attached hydrogens (primary N) is 1. The molecule has 0 aliphatic heterocycles. The fraction of sp³-hybridized carbons (Fsp3) is 0.143. The Hall–Kier alpha value is -1.69. The molecule has 0 radical (unpaired) electrons. The van der Waals surface area contributed by atoms with Gasteiger partial charge >= 0.3 is 6.18 Å². The molecule has 0 saturated carbocycles. The van der Waals surface area contributed by atoms with E-state index in [0.29, 0.717) is 21.5 Å². The van der Waals surface area contributed by atoms with Gasteiger partial charge in [-0.25, -0.2) is 0 Å². The average Bonchev–Trinajstić information content (AvgIpc) is 2.35. The van der Waals surface area contributed by atoms with Crippen LogP contribution < -0.4 is 11.1 Å². The van der Waals surface area contributed by atoms with Crippen LogP contribution in [0, 0.1) is 6.92 Å². The minimum absolute atomic E-state index is 0.317. The van der Waals surface area contributed by atoms with E-state index in [2.05, 4.69) is 21.2 Å². The standard InChI is InChI=1S/C14H12BrF3N2/c1-8-2-5-11(19)13(6-8)20-12-7-9(14(16,17)18)3-4-10(12)15/h2-7,20H,19H2,1H3. The average molecular weight is 345 g/mol. The van der Waals surface area contributed by atoms with Crippen LogP contribution >= 0.6 is 15.9 Å². The van der Waals surface area contributed by atoms with E-state index in [9.17, 15) is 13.2 Å². The molecule has 20 heavy (non-hydrogen) atoms. The molecule has 0 aliphatic carbocycles. The van der Waals surface area contributed by atoms with Crippen LogP contribution in [0.4, 0.5) is 30.2 Å². The zero-order chi connectivity index (χ0) is 14.9. The number of aryl methyl sites for hydroxylation is 1. The summed E-state index contributed by atoms with van der Waals surface area (Å²) in [5.41, 5.74) is 7.42. The molecule has 2 aromatic carbocycles. The van der Waals surface area contributed by atoms with Crippen molar-refractivity contribution >= 4 is 33.0 Å². The van der Waals surface area contributed by atoms with E-state index < -0.39 is 11.7 Å². The summed E-state index contributed by atoms with van der Waals surface area (Å²) in [5, 5.41) is 2.92. The fourth-order valence-corrected chi connectivity index (χ4v) is 2.07. The van der Waals surface area contributed by atoms with E-state index in [1.165, 1.54) is 6.07 Å². The molecule has 0 aromatic heterocycles. The zero-order valence-corrected chi connectivity index (χ0v) is 12.1. The monoisotopic (exact) mass is 344 g/mol. The van der Waals surface area contributed by atoms with Gasteiger partial charge in [-0.05, 0) is 58.7 Å². The predicted molar refractivity (Wildman–Crippen MR) is 78.0 cm³/mol. The Bertz CT molecular complexity index is 639. The van der Waals surface area contributed by atoms with Gasteiger partial charge in [0.15, 0.2) is 0 Å². The van der Waals surface area contributed by atoms with Crippen LogP contribution in [0.3, 0.4) is 0 Å². The van der Waals surface area contributed by atoms with E-state index in [4.69, 9.17) is 5.73 Å². The number of anilines is 3. The van der Waals surface area contributed by atoms with E-state index in [1.54, 1.807) is 12.1 Å². The Balaban J connectivity index is 2.40. The molecule has 2 aromatic rings. The normalized spacial score (nSPS) is 11.4. The molecule has 0 amide bonds. The third kappa shape index (κ3) is 3.25. The quantitative estimate of drug-likeness (QED) is 0.743. The topological polar surface area (TPSA) is 38.0 Å². The summed E-state index contributed by atoms with van der Waals surface area (Å²) < 4.78 is 38.7. The third-order valence-electron chi connectivity index (χ3n) is 2.77. The van der Waals surface area contributed by atoms with Crippen molar-refractivity contribution in [3.63, 3.8) is 0 Å². The van der Waals surface area contributed by atoms with Crippen molar-refractivity contribution < 1.29 is 13.2 Å². The molecular formula is C14H12BrF3N2. The molecule has 0 aliphatic rings. The molecule has 0 fully saturated rings. The highest BCUT2D eigenvalue weighted by molar-refractivity contribution is 9.10. The van der Waals surface area contributed by atoms with Crippen LogP contribution in [0.25, 0.3) is 0 Å². The molecule has 0 atom stereocenters. The molecule has 2 rings (SSSR count). The molecule has 2 nitrogen and oxygen atoms in total. The van der Waals surface area contributed by atoms with Gasteiger partial charge in [-0.2, -0.15) is 13.2 Å². The highest BCUT2D eigenvalue weighted by Gasteiger charge is 2.30. The second-order valence-electron chi connectivity index (χ2n) is 4.41. The first kappa shape index (κ1) is 14.7. The Labute approximate surface area is 122 Å². The second kappa shape index (κ2) is 5.36. The number of alkyl halides is 3. The van der Waals surface area contributed by atoms with Crippen molar-refractivity contribution in [1.29, 1.82) is 0 Å². The van der Waals surface area contributed by atoms with Gasteiger partial charge in [-0.1, -0.05) is 6.07 Å². The molecular weight excluding hydrogens is 333 g/mol. The maximum Gasteiger partial charge on any atom is 0.416 e. The van der Waals surface area contributed by atoms with Gasteiger partial charge in [0.2, 0.25) is 0 Å². The first-order valence-electron chi connectivity index (χ1n) is 5.77. The molecule has 0 unspecified atom stereocenters. The minimum atomic E-state index is -4.38.